The zero-order chi connectivity index (χ0) is 20.5. The van der Waals surface area contributed by atoms with Crippen molar-refractivity contribution in [3.8, 4) is 5.75 Å². The van der Waals surface area contributed by atoms with Gasteiger partial charge in [-0.15, -0.1) is 0 Å². The molecule has 1 atom stereocenters. The van der Waals surface area contributed by atoms with E-state index < -0.39 is 27.6 Å². The molecule has 1 aliphatic heterocycles. The van der Waals surface area contributed by atoms with E-state index in [9.17, 15) is 13.2 Å². The minimum Gasteiger partial charge on any atom is -0.444 e. The van der Waals surface area contributed by atoms with Crippen LogP contribution in [0.25, 0.3) is 0 Å². The normalized spacial score (nSPS) is 16.8. The van der Waals surface area contributed by atoms with Gasteiger partial charge in [-0.1, -0.05) is 36.4 Å². The predicted octanol–water partition coefficient (Wildman–Crippen LogP) is 3.25. The van der Waals surface area contributed by atoms with Crippen molar-refractivity contribution in [1.82, 2.24) is 5.32 Å². The van der Waals surface area contributed by atoms with Gasteiger partial charge in [0.2, 0.25) is 15.7 Å². The number of ether oxygens (including phenoxy) is 2. The summed E-state index contributed by atoms with van der Waals surface area (Å²) in [5.41, 5.74) is 5.72. The van der Waals surface area contributed by atoms with E-state index in [2.05, 4.69) is 5.32 Å². The molecule has 2 aromatic carbocycles. The molecule has 28 heavy (non-hydrogen) atoms. The molecule has 0 saturated carbocycles. The highest BCUT2D eigenvalue weighted by Gasteiger charge is 2.39. The fraction of sp³-hybridized carbons (Fsp3) is 0.250. The summed E-state index contributed by atoms with van der Waals surface area (Å²) in [6.07, 6.45) is -0.761. The molecule has 0 spiro atoms. The number of carbonyl (C=O) groups is 1. The smallest absolute Gasteiger partial charge is 0.408 e. The average Bonchev–Trinajstić information content (AvgIpc) is 2.60. The molecule has 148 valence electrons. The maximum absolute atomic E-state index is 13.3. The van der Waals surface area contributed by atoms with Crippen LogP contribution in [0.3, 0.4) is 0 Å². The first-order valence-electron chi connectivity index (χ1n) is 8.65. The van der Waals surface area contributed by atoms with E-state index in [0.717, 1.165) is 0 Å². The summed E-state index contributed by atoms with van der Waals surface area (Å²) in [4.78, 5) is 12.2. The fourth-order valence-corrected chi connectivity index (χ4v) is 4.42. The lowest BCUT2D eigenvalue weighted by Crippen LogP contribution is -2.39. The zero-order valence-electron chi connectivity index (χ0n) is 15.8. The number of carbonyl (C=O) groups excluding carboxylic acids is 1. The summed E-state index contributed by atoms with van der Waals surface area (Å²) in [7, 11) is -4.03. The molecule has 0 aromatic heterocycles. The highest BCUT2D eigenvalue weighted by atomic mass is 32.2. The molecule has 1 aliphatic rings. The molecule has 0 radical (unpaired) electrons. The number of alkyl carbamates (subject to hydrolysis) is 1. The van der Waals surface area contributed by atoms with Crippen LogP contribution in [0.15, 0.2) is 70.3 Å². The first-order valence-corrected chi connectivity index (χ1v) is 10.1. The average molecular weight is 402 g/mol. The lowest BCUT2D eigenvalue weighted by atomic mass is 10.0. The van der Waals surface area contributed by atoms with E-state index in [1.165, 1.54) is 12.1 Å². The van der Waals surface area contributed by atoms with E-state index in [4.69, 9.17) is 15.2 Å². The quantitative estimate of drug-likeness (QED) is 0.816. The molecule has 3 rings (SSSR count). The summed E-state index contributed by atoms with van der Waals surface area (Å²) in [5.74, 6) is 0.0803. The number of amides is 1. The SMILES string of the molecule is CC(C)(C)OC(=O)N[C@@H]1C(S(=O)(=O)c2ccccc2)=C(N)Oc2ccccc21. The van der Waals surface area contributed by atoms with E-state index in [-0.39, 0.29) is 15.7 Å². The van der Waals surface area contributed by atoms with Crippen LogP contribution in [0, 0.1) is 0 Å². The Morgan fingerprint density at radius 3 is 2.32 bits per heavy atom. The standard InChI is InChI=1S/C20H22N2O5S/c1-20(2,3)27-19(23)22-16-14-11-7-8-12-15(14)26-18(21)17(16)28(24,25)13-9-5-4-6-10-13/h4-12,16H,21H2,1-3H3,(H,22,23)/t16-/m0/s1. The van der Waals surface area contributed by atoms with Crippen molar-refractivity contribution in [2.45, 2.75) is 37.3 Å². The summed E-state index contributed by atoms with van der Waals surface area (Å²) in [6, 6.07) is 13.6. The minimum absolute atomic E-state index is 0.0481. The highest BCUT2D eigenvalue weighted by Crippen LogP contribution is 2.40. The molecule has 7 nitrogen and oxygen atoms in total. The summed E-state index contributed by atoms with van der Waals surface area (Å²) in [5, 5.41) is 2.63. The largest absolute Gasteiger partial charge is 0.444 e. The van der Waals surface area contributed by atoms with Crippen LogP contribution < -0.4 is 15.8 Å². The molecule has 0 unspecified atom stereocenters. The maximum Gasteiger partial charge on any atom is 0.408 e. The Kier molecular flexibility index (Phi) is 5.08. The van der Waals surface area contributed by atoms with Gasteiger partial charge in [-0.3, -0.25) is 0 Å². The lowest BCUT2D eigenvalue weighted by molar-refractivity contribution is 0.0511. The lowest BCUT2D eigenvalue weighted by Gasteiger charge is -2.30. The predicted molar refractivity (Wildman–Crippen MR) is 104 cm³/mol. The first kappa shape index (κ1) is 19.8. The molecular weight excluding hydrogens is 380 g/mol. The number of fused-ring (bicyclic) bond motifs is 1. The minimum atomic E-state index is -4.03. The van der Waals surface area contributed by atoms with E-state index in [1.807, 2.05) is 0 Å². The Morgan fingerprint density at radius 2 is 1.68 bits per heavy atom. The van der Waals surface area contributed by atoms with Gasteiger partial charge in [0.25, 0.3) is 0 Å². The van der Waals surface area contributed by atoms with Gasteiger partial charge >= 0.3 is 6.09 Å². The Hall–Kier alpha value is -3.00. The van der Waals surface area contributed by atoms with Gasteiger partial charge in [0.1, 0.15) is 22.3 Å². The van der Waals surface area contributed by atoms with Gasteiger partial charge in [-0.05, 0) is 39.0 Å². The molecule has 0 saturated heterocycles. The van der Waals surface area contributed by atoms with Crippen molar-refractivity contribution < 1.29 is 22.7 Å². The summed E-state index contributed by atoms with van der Waals surface area (Å²) < 4.78 is 37.4. The molecule has 2 aromatic rings. The third kappa shape index (κ3) is 3.96. The highest BCUT2D eigenvalue weighted by molar-refractivity contribution is 7.95. The van der Waals surface area contributed by atoms with Gasteiger partial charge < -0.3 is 20.5 Å². The van der Waals surface area contributed by atoms with Gasteiger partial charge in [0, 0.05) is 5.56 Å². The van der Waals surface area contributed by atoms with Crippen LogP contribution >= 0.6 is 0 Å². The van der Waals surface area contributed by atoms with Crippen molar-refractivity contribution in [2.75, 3.05) is 0 Å². The summed E-state index contributed by atoms with van der Waals surface area (Å²) in [6.45, 7) is 5.16. The van der Waals surface area contributed by atoms with Gasteiger partial charge in [0.05, 0.1) is 4.90 Å². The second-order valence-electron chi connectivity index (χ2n) is 7.26. The fourth-order valence-electron chi connectivity index (χ4n) is 2.85. The van der Waals surface area contributed by atoms with Gasteiger partial charge in [-0.2, -0.15) is 0 Å². The van der Waals surface area contributed by atoms with Crippen molar-refractivity contribution >= 4 is 15.9 Å². The van der Waals surface area contributed by atoms with Crippen LogP contribution in [-0.4, -0.2) is 20.1 Å². The molecule has 3 N–H and O–H groups in total. The number of hydrogen-bond donors (Lipinski definition) is 2. The third-order valence-electron chi connectivity index (χ3n) is 3.96. The number of rotatable bonds is 3. The number of nitrogens with two attached hydrogens (primary N) is 1. The first-order chi connectivity index (χ1) is 13.1. The van der Waals surface area contributed by atoms with Crippen LogP contribution in [0.2, 0.25) is 0 Å². The monoisotopic (exact) mass is 402 g/mol. The topological polar surface area (TPSA) is 108 Å². The molecule has 1 heterocycles. The van der Waals surface area contributed by atoms with E-state index in [0.29, 0.717) is 11.3 Å². The van der Waals surface area contributed by atoms with E-state index >= 15 is 0 Å². The number of benzene rings is 2. The third-order valence-corrected chi connectivity index (χ3v) is 5.87. The van der Waals surface area contributed by atoms with Gasteiger partial charge in [0.15, 0.2) is 0 Å². The van der Waals surface area contributed by atoms with Crippen molar-refractivity contribution in [2.24, 2.45) is 5.73 Å². The number of hydrogen-bond acceptors (Lipinski definition) is 6. The van der Waals surface area contributed by atoms with E-state index in [1.54, 1.807) is 63.2 Å². The Bertz CT molecular complexity index is 1020. The van der Waals surface area contributed by atoms with Crippen molar-refractivity contribution in [3.63, 3.8) is 0 Å². The number of para-hydroxylation sites is 1. The molecule has 0 bridgehead atoms. The number of nitrogens with one attached hydrogen (secondary N) is 1. The molecule has 8 heteroatoms. The molecular formula is C20H22N2O5S. The second kappa shape index (κ2) is 7.20. The molecule has 0 aliphatic carbocycles. The Balaban J connectivity index is 2.09. The molecule has 0 fully saturated rings. The van der Waals surface area contributed by atoms with Crippen molar-refractivity contribution in [1.29, 1.82) is 0 Å². The van der Waals surface area contributed by atoms with Crippen LogP contribution in [0.4, 0.5) is 4.79 Å². The van der Waals surface area contributed by atoms with Crippen molar-refractivity contribution in [3.05, 3.63) is 70.9 Å². The Labute approximate surface area is 164 Å². The molecule has 1 amide bonds. The second-order valence-corrected chi connectivity index (χ2v) is 9.18. The van der Waals surface area contributed by atoms with Crippen LogP contribution in [0.5, 0.6) is 5.75 Å². The number of sulfone groups is 1. The zero-order valence-corrected chi connectivity index (χ0v) is 16.6. The van der Waals surface area contributed by atoms with Gasteiger partial charge in [-0.25, -0.2) is 13.2 Å². The van der Waals surface area contributed by atoms with Crippen LogP contribution in [-0.2, 0) is 14.6 Å². The summed E-state index contributed by atoms with van der Waals surface area (Å²) >= 11 is 0. The van der Waals surface area contributed by atoms with Crippen LogP contribution in [0.1, 0.15) is 32.4 Å². The maximum atomic E-state index is 13.3. The Morgan fingerprint density at radius 1 is 1.07 bits per heavy atom.